The zero-order valence-corrected chi connectivity index (χ0v) is 15.0. The van der Waals surface area contributed by atoms with Crippen LogP contribution < -0.4 is 5.32 Å². The van der Waals surface area contributed by atoms with Crippen molar-refractivity contribution in [2.75, 3.05) is 0 Å². The fourth-order valence-corrected chi connectivity index (χ4v) is 4.26. The lowest BCUT2D eigenvalue weighted by Crippen LogP contribution is -2.43. The summed E-state index contributed by atoms with van der Waals surface area (Å²) in [5.41, 5.74) is 5.16. The Morgan fingerprint density at radius 3 is 1.92 bits per heavy atom. The van der Waals surface area contributed by atoms with Crippen LogP contribution in [-0.2, 0) is 16.8 Å². The molecule has 1 aliphatic rings. The highest BCUT2D eigenvalue weighted by molar-refractivity contribution is 6.00. The van der Waals surface area contributed by atoms with Crippen LogP contribution in [0.1, 0.15) is 36.5 Å². The third kappa shape index (κ3) is 2.53. The molecule has 4 rings (SSSR count). The van der Waals surface area contributed by atoms with Gasteiger partial charge in [-0.25, -0.2) is 0 Å². The number of hydrogen-bond donors (Lipinski definition) is 1. The Labute approximate surface area is 154 Å². The van der Waals surface area contributed by atoms with Crippen LogP contribution in [-0.4, -0.2) is 5.91 Å². The van der Waals surface area contributed by atoms with Crippen LogP contribution in [0.5, 0.6) is 0 Å². The number of carbonyl (C=O) groups is 1. The van der Waals surface area contributed by atoms with Crippen molar-refractivity contribution < 1.29 is 4.79 Å². The monoisotopic (exact) mass is 341 g/mol. The molecular weight excluding hydrogens is 318 g/mol. The second-order valence-electron chi connectivity index (χ2n) is 6.91. The van der Waals surface area contributed by atoms with Gasteiger partial charge in [0.2, 0.25) is 5.91 Å². The molecule has 3 aromatic rings. The number of hydrogen-bond acceptors (Lipinski definition) is 1. The summed E-state index contributed by atoms with van der Waals surface area (Å²) in [4.78, 5) is 13.5. The van der Waals surface area contributed by atoms with E-state index in [0.717, 1.165) is 29.5 Å². The minimum Gasteiger partial charge on any atom is -0.351 e. The van der Waals surface area contributed by atoms with Gasteiger partial charge in [-0.05, 0) is 34.2 Å². The maximum Gasteiger partial charge on any atom is 0.235 e. The molecule has 26 heavy (non-hydrogen) atoms. The average molecular weight is 341 g/mol. The highest BCUT2D eigenvalue weighted by atomic mass is 16.2. The molecule has 0 bridgehead atoms. The molecule has 0 radical (unpaired) electrons. The van der Waals surface area contributed by atoms with Crippen molar-refractivity contribution in [2.45, 2.75) is 31.7 Å². The fourth-order valence-electron chi connectivity index (χ4n) is 4.26. The molecule has 130 valence electrons. The number of nitrogens with one attached hydrogen (secondary N) is 1. The average Bonchev–Trinajstić information content (AvgIpc) is 2.99. The van der Waals surface area contributed by atoms with E-state index in [4.69, 9.17) is 0 Å². The lowest BCUT2D eigenvalue weighted by molar-refractivity contribution is -0.125. The second kappa shape index (κ2) is 6.80. The summed E-state index contributed by atoms with van der Waals surface area (Å²) in [5.74, 6) is 0.0978. The first-order valence-electron chi connectivity index (χ1n) is 9.29. The predicted molar refractivity (Wildman–Crippen MR) is 106 cm³/mol. The molecule has 0 atom stereocenters. The van der Waals surface area contributed by atoms with Crippen LogP contribution >= 0.6 is 0 Å². The molecule has 0 aromatic heterocycles. The Morgan fingerprint density at radius 2 is 1.35 bits per heavy atom. The number of fused-ring (bicyclic) bond motifs is 3. The van der Waals surface area contributed by atoms with Crippen LogP contribution in [0, 0.1) is 0 Å². The molecule has 1 amide bonds. The lowest BCUT2D eigenvalue weighted by Gasteiger charge is -2.30. The molecule has 2 nitrogen and oxygen atoms in total. The molecule has 0 unspecified atom stereocenters. The summed E-state index contributed by atoms with van der Waals surface area (Å²) in [6.45, 7) is 2.70. The predicted octanol–water partition coefficient (Wildman–Crippen LogP) is 5.07. The van der Waals surface area contributed by atoms with Gasteiger partial charge in [-0.3, -0.25) is 4.79 Å². The van der Waals surface area contributed by atoms with Crippen LogP contribution in [0.4, 0.5) is 0 Å². The SMILES string of the molecule is CCCC1(C(=O)NCc2ccccc2)c2ccccc2-c2ccccc21. The van der Waals surface area contributed by atoms with Crippen molar-refractivity contribution >= 4 is 5.91 Å². The van der Waals surface area contributed by atoms with Crippen molar-refractivity contribution in [1.82, 2.24) is 5.32 Å². The molecule has 0 spiro atoms. The fraction of sp³-hybridized carbons (Fsp3) is 0.208. The van der Waals surface area contributed by atoms with Crippen molar-refractivity contribution in [1.29, 1.82) is 0 Å². The minimum absolute atomic E-state index is 0.0978. The first kappa shape index (κ1) is 16.6. The Hall–Kier alpha value is -2.87. The van der Waals surface area contributed by atoms with E-state index in [1.54, 1.807) is 0 Å². The highest BCUT2D eigenvalue weighted by Gasteiger charge is 2.47. The summed E-state index contributed by atoms with van der Waals surface area (Å²) in [7, 11) is 0. The third-order valence-electron chi connectivity index (χ3n) is 5.37. The van der Waals surface area contributed by atoms with Crippen LogP contribution in [0.2, 0.25) is 0 Å². The van der Waals surface area contributed by atoms with E-state index in [1.165, 1.54) is 11.1 Å². The molecule has 0 fully saturated rings. The van der Waals surface area contributed by atoms with Gasteiger partial charge in [0.1, 0.15) is 5.41 Å². The normalized spacial score (nSPS) is 13.7. The van der Waals surface area contributed by atoms with Gasteiger partial charge < -0.3 is 5.32 Å². The number of amides is 1. The summed E-state index contributed by atoms with van der Waals surface area (Å²) in [5, 5.41) is 3.21. The van der Waals surface area contributed by atoms with E-state index in [-0.39, 0.29) is 5.91 Å². The number of rotatable bonds is 5. The molecule has 0 heterocycles. The molecule has 3 aromatic carbocycles. The van der Waals surface area contributed by atoms with Gasteiger partial charge in [0, 0.05) is 6.54 Å². The zero-order valence-electron chi connectivity index (χ0n) is 15.0. The van der Waals surface area contributed by atoms with E-state index in [9.17, 15) is 4.79 Å². The van der Waals surface area contributed by atoms with Gasteiger partial charge in [-0.1, -0.05) is 92.2 Å². The van der Waals surface area contributed by atoms with E-state index < -0.39 is 5.41 Å². The van der Waals surface area contributed by atoms with Crippen molar-refractivity contribution in [3.63, 3.8) is 0 Å². The van der Waals surface area contributed by atoms with Crippen LogP contribution in [0.25, 0.3) is 11.1 Å². The quantitative estimate of drug-likeness (QED) is 0.690. The summed E-state index contributed by atoms with van der Waals surface area (Å²) < 4.78 is 0. The smallest absolute Gasteiger partial charge is 0.235 e. The summed E-state index contributed by atoms with van der Waals surface area (Å²) in [6.07, 6.45) is 1.75. The van der Waals surface area contributed by atoms with Gasteiger partial charge in [-0.2, -0.15) is 0 Å². The lowest BCUT2D eigenvalue weighted by atomic mass is 9.73. The van der Waals surface area contributed by atoms with E-state index in [1.807, 2.05) is 42.5 Å². The Morgan fingerprint density at radius 1 is 0.808 bits per heavy atom. The molecule has 2 heteroatoms. The van der Waals surface area contributed by atoms with Crippen LogP contribution in [0.3, 0.4) is 0 Å². The molecular formula is C24H23NO. The Bertz CT molecular complexity index is 884. The van der Waals surface area contributed by atoms with Gasteiger partial charge >= 0.3 is 0 Å². The first-order chi connectivity index (χ1) is 12.8. The molecule has 1 N–H and O–H groups in total. The van der Waals surface area contributed by atoms with Crippen molar-refractivity contribution in [3.8, 4) is 11.1 Å². The standard InChI is InChI=1S/C24H23NO/c1-2-16-24(23(26)25-17-18-10-4-3-5-11-18)21-14-8-6-12-19(21)20-13-7-9-15-22(20)24/h3-15H,2,16-17H2,1H3,(H,25,26). The molecule has 0 saturated carbocycles. The topological polar surface area (TPSA) is 29.1 Å². The first-order valence-corrected chi connectivity index (χ1v) is 9.29. The third-order valence-corrected chi connectivity index (χ3v) is 5.37. The Balaban J connectivity index is 1.77. The van der Waals surface area contributed by atoms with Crippen molar-refractivity contribution in [2.24, 2.45) is 0 Å². The number of carbonyl (C=O) groups excluding carboxylic acids is 1. The largest absolute Gasteiger partial charge is 0.351 e. The van der Waals surface area contributed by atoms with Gasteiger partial charge in [-0.15, -0.1) is 0 Å². The van der Waals surface area contributed by atoms with Crippen molar-refractivity contribution in [3.05, 3.63) is 95.6 Å². The second-order valence-corrected chi connectivity index (χ2v) is 6.91. The number of benzene rings is 3. The van der Waals surface area contributed by atoms with Crippen LogP contribution in [0.15, 0.2) is 78.9 Å². The van der Waals surface area contributed by atoms with E-state index in [0.29, 0.717) is 6.54 Å². The highest BCUT2D eigenvalue weighted by Crippen LogP contribution is 2.51. The molecule has 0 aliphatic heterocycles. The summed E-state index contributed by atoms with van der Waals surface area (Å²) >= 11 is 0. The van der Waals surface area contributed by atoms with Gasteiger partial charge in [0.15, 0.2) is 0 Å². The minimum atomic E-state index is -0.600. The molecule has 0 saturated heterocycles. The Kier molecular flexibility index (Phi) is 4.34. The summed E-state index contributed by atoms with van der Waals surface area (Å²) in [6, 6.07) is 26.8. The van der Waals surface area contributed by atoms with E-state index in [2.05, 4.69) is 48.6 Å². The maximum absolute atomic E-state index is 13.5. The molecule has 1 aliphatic carbocycles. The van der Waals surface area contributed by atoms with E-state index >= 15 is 0 Å². The van der Waals surface area contributed by atoms with Gasteiger partial charge in [0.25, 0.3) is 0 Å². The maximum atomic E-state index is 13.5. The zero-order chi connectivity index (χ0) is 18.0. The van der Waals surface area contributed by atoms with Gasteiger partial charge in [0.05, 0.1) is 0 Å².